The zero-order chi connectivity index (χ0) is 14.5. The van der Waals surface area contributed by atoms with Gasteiger partial charge in [-0.2, -0.15) is 4.98 Å². The van der Waals surface area contributed by atoms with Gasteiger partial charge in [-0.05, 0) is 18.1 Å². The smallest absolute Gasteiger partial charge is 0.335 e. The first-order valence-corrected chi connectivity index (χ1v) is 6.29. The first kappa shape index (κ1) is 14.1. The maximum absolute atomic E-state index is 11.1. The van der Waals surface area contributed by atoms with E-state index in [4.69, 9.17) is 22.4 Å². The van der Waals surface area contributed by atoms with Crippen LogP contribution in [0.2, 0.25) is 5.15 Å². The van der Waals surface area contributed by atoms with E-state index in [0.29, 0.717) is 24.3 Å². The minimum Gasteiger partial charge on any atom is -0.478 e. The number of nitrogens with one attached hydrogen (secondary N) is 1. The van der Waals surface area contributed by atoms with Gasteiger partial charge in [-0.3, -0.25) is 0 Å². The van der Waals surface area contributed by atoms with Gasteiger partial charge in [-0.15, -0.1) is 0 Å². The van der Waals surface area contributed by atoms with E-state index in [1.165, 1.54) is 0 Å². The lowest BCUT2D eigenvalue weighted by Crippen LogP contribution is -2.10. The van der Waals surface area contributed by atoms with E-state index in [1.807, 2.05) is 0 Å². The van der Waals surface area contributed by atoms with Gasteiger partial charge >= 0.3 is 5.97 Å². The van der Waals surface area contributed by atoms with Crippen LogP contribution in [0.25, 0.3) is 0 Å². The van der Waals surface area contributed by atoms with E-state index >= 15 is 0 Å². The van der Waals surface area contributed by atoms with Crippen molar-refractivity contribution < 1.29 is 9.90 Å². The summed E-state index contributed by atoms with van der Waals surface area (Å²) in [4.78, 5) is 18.8. The van der Waals surface area contributed by atoms with Gasteiger partial charge in [0.1, 0.15) is 11.0 Å². The molecule has 0 atom stereocenters. The Bertz CT molecular complexity index is 613. The topological polar surface area (TPSA) is 101 Å². The van der Waals surface area contributed by atoms with Gasteiger partial charge in [0.15, 0.2) is 0 Å². The van der Waals surface area contributed by atoms with Crippen molar-refractivity contribution in [1.82, 2.24) is 9.97 Å². The first-order chi connectivity index (χ1) is 9.56. The fourth-order valence-corrected chi connectivity index (χ4v) is 1.99. The van der Waals surface area contributed by atoms with E-state index in [1.54, 1.807) is 30.3 Å². The summed E-state index contributed by atoms with van der Waals surface area (Å²) in [5.41, 5.74) is 6.53. The van der Waals surface area contributed by atoms with Crippen LogP contribution in [-0.2, 0) is 6.42 Å². The predicted octanol–water partition coefficient (Wildman–Crippen LogP) is 2.06. The number of hydrogen-bond acceptors (Lipinski definition) is 5. The van der Waals surface area contributed by atoms with Gasteiger partial charge in [-0.25, -0.2) is 9.78 Å². The zero-order valence-electron chi connectivity index (χ0n) is 10.5. The first-order valence-electron chi connectivity index (χ1n) is 5.91. The molecule has 0 unspecified atom stereocenters. The van der Waals surface area contributed by atoms with E-state index in [-0.39, 0.29) is 11.1 Å². The molecule has 1 heterocycles. The van der Waals surface area contributed by atoms with Gasteiger partial charge < -0.3 is 16.2 Å². The zero-order valence-corrected chi connectivity index (χ0v) is 11.3. The summed E-state index contributed by atoms with van der Waals surface area (Å²) in [7, 11) is 0. The standard InChI is InChI=1S/C13H13ClN4O2/c14-10-7-11(18-13(15)17-10)16-6-5-8-3-1-2-4-9(8)12(19)20/h1-4,7H,5-6H2,(H,19,20)(H3,15,16,17,18). The molecule has 0 saturated carbocycles. The molecule has 0 aliphatic rings. The summed E-state index contributed by atoms with van der Waals surface area (Å²) in [6.07, 6.45) is 0.546. The Hall–Kier alpha value is -2.34. The molecule has 0 aliphatic heterocycles. The summed E-state index contributed by atoms with van der Waals surface area (Å²) in [6, 6.07) is 8.43. The average Bonchev–Trinajstić information content (AvgIpc) is 2.38. The molecular weight excluding hydrogens is 280 g/mol. The molecule has 0 spiro atoms. The highest BCUT2D eigenvalue weighted by Gasteiger charge is 2.08. The highest BCUT2D eigenvalue weighted by atomic mass is 35.5. The quantitative estimate of drug-likeness (QED) is 0.729. The normalized spacial score (nSPS) is 10.2. The van der Waals surface area contributed by atoms with E-state index in [0.717, 1.165) is 5.56 Å². The Balaban J connectivity index is 2.01. The second-order valence-corrected chi connectivity index (χ2v) is 4.46. The van der Waals surface area contributed by atoms with E-state index < -0.39 is 5.97 Å². The van der Waals surface area contributed by atoms with Crippen LogP contribution >= 0.6 is 11.6 Å². The fraction of sp³-hybridized carbons (Fsp3) is 0.154. The molecule has 7 heteroatoms. The van der Waals surface area contributed by atoms with Crippen molar-refractivity contribution >= 4 is 29.3 Å². The molecule has 4 N–H and O–H groups in total. The summed E-state index contributed by atoms with van der Waals surface area (Å²) in [6.45, 7) is 0.511. The number of nitrogens with two attached hydrogens (primary N) is 1. The molecule has 1 aromatic heterocycles. The number of rotatable bonds is 5. The van der Waals surface area contributed by atoms with Crippen molar-refractivity contribution in [3.8, 4) is 0 Å². The molecule has 0 radical (unpaired) electrons. The van der Waals surface area contributed by atoms with Crippen LogP contribution in [0.1, 0.15) is 15.9 Å². The van der Waals surface area contributed by atoms with E-state index in [9.17, 15) is 4.79 Å². The predicted molar refractivity (Wildman–Crippen MR) is 77.0 cm³/mol. The van der Waals surface area contributed by atoms with Crippen molar-refractivity contribution in [2.75, 3.05) is 17.6 Å². The summed E-state index contributed by atoms with van der Waals surface area (Å²) >= 11 is 5.76. The number of carbonyl (C=O) groups is 1. The molecule has 0 amide bonds. The minimum absolute atomic E-state index is 0.0888. The Morgan fingerprint density at radius 1 is 1.35 bits per heavy atom. The number of benzene rings is 1. The van der Waals surface area contributed by atoms with Crippen LogP contribution in [-0.4, -0.2) is 27.6 Å². The van der Waals surface area contributed by atoms with Crippen molar-refractivity contribution in [2.45, 2.75) is 6.42 Å². The summed E-state index contributed by atoms with van der Waals surface area (Å²) < 4.78 is 0. The second-order valence-electron chi connectivity index (χ2n) is 4.07. The van der Waals surface area contributed by atoms with Crippen molar-refractivity contribution in [3.05, 3.63) is 46.6 Å². The van der Waals surface area contributed by atoms with Gasteiger partial charge in [0.25, 0.3) is 0 Å². The number of nitrogen functional groups attached to an aromatic ring is 1. The third-order valence-corrected chi connectivity index (χ3v) is 2.85. The number of nitrogens with zero attached hydrogens (tertiary/aromatic N) is 2. The molecule has 6 nitrogen and oxygen atoms in total. The number of halogens is 1. The molecule has 20 heavy (non-hydrogen) atoms. The van der Waals surface area contributed by atoms with Gasteiger partial charge in [0.05, 0.1) is 5.56 Å². The molecule has 0 fully saturated rings. The van der Waals surface area contributed by atoms with Gasteiger partial charge in [-0.1, -0.05) is 29.8 Å². The lowest BCUT2D eigenvalue weighted by molar-refractivity contribution is 0.0695. The Labute approximate surface area is 120 Å². The fourth-order valence-electron chi connectivity index (χ4n) is 1.80. The number of aromatic carboxylic acids is 1. The monoisotopic (exact) mass is 292 g/mol. The van der Waals surface area contributed by atoms with Crippen molar-refractivity contribution in [2.24, 2.45) is 0 Å². The van der Waals surface area contributed by atoms with Gasteiger partial charge in [0.2, 0.25) is 5.95 Å². The third kappa shape index (κ3) is 3.58. The number of anilines is 2. The lowest BCUT2D eigenvalue weighted by atomic mass is 10.0. The largest absolute Gasteiger partial charge is 0.478 e. The number of carboxylic acid groups (broad SMARTS) is 1. The molecule has 0 aliphatic carbocycles. The highest BCUT2D eigenvalue weighted by molar-refractivity contribution is 6.29. The van der Waals surface area contributed by atoms with Crippen LogP contribution < -0.4 is 11.1 Å². The average molecular weight is 293 g/mol. The lowest BCUT2D eigenvalue weighted by Gasteiger charge is -2.08. The Morgan fingerprint density at radius 2 is 2.10 bits per heavy atom. The number of carboxylic acids is 1. The van der Waals surface area contributed by atoms with Crippen LogP contribution in [0.3, 0.4) is 0 Å². The maximum Gasteiger partial charge on any atom is 0.335 e. The second kappa shape index (κ2) is 6.21. The summed E-state index contributed by atoms with van der Waals surface area (Å²) in [5, 5.41) is 12.4. The Kier molecular flexibility index (Phi) is 4.37. The highest BCUT2D eigenvalue weighted by Crippen LogP contribution is 2.13. The SMILES string of the molecule is Nc1nc(Cl)cc(NCCc2ccccc2C(=O)O)n1. The van der Waals surface area contributed by atoms with Gasteiger partial charge in [0, 0.05) is 12.6 Å². The Morgan fingerprint density at radius 3 is 2.80 bits per heavy atom. The van der Waals surface area contributed by atoms with Crippen LogP contribution in [0, 0.1) is 0 Å². The molecule has 2 rings (SSSR count). The molecule has 104 valence electrons. The van der Waals surface area contributed by atoms with Crippen molar-refractivity contribution in [1.29, 1.82) is 0 Å². The molecular formula is C13H13ClN4O2. The molecule has 0 bridgehead atoms. The van der Waals surface area contributed by atoms with Crippen LogP contribution in [0.4, 0.5) is 11.8 Å². The summed E-state index contributed by atoms with van der Waals surface area (Å²) in [5.74, 6) is -0.337. The molecule has 2 aromatic rings. The van der Waals surface area contributed by atoms with E-state index in [2.05, 4.69) is 15.3 Å². The minimum atomic E-state index is -0.935. The van der Waals surface area contributed by atoms with Crippen molar-refractivity contribution in [3.63, 3.8) is 0 Å². The number of aromatic nitrogens is 2. The molecule has 0 saturated heterocycles. The van der Waals surface area contributed by atoms with Crippen LogP contribution in [0.5, 0.6) is 0 Å². The van der Waals surface area contributed by atoms with Crippen LogP contribution in [0.15, 0.2) is 30.3 Å². The molecule has 1 aromatic carbocycles. The third-order valence-electron chi connectivity index (χ3n) is 2.66. The number of hydrogen-bond donors (Lipinski definition) is 3. The maximum atomic E-state index is 11.1.